The summed E-state index contributed by atoms with van der Waals surface area (Å²) in [6.07, 6.45) is 0.872. The molecule has 0 aliphatic heterocycles. The van der Waals surface area contributed by atoms with E-state index in [9.17, 15) is 26.6 Å². The molecule has 7 nitrogen and oxygen atoms in total. The van der Waals surface area contributed by atoms with Crippen LogP contribution in [0.4, 0.5) is 23.2 Å². The minimum atomic E-state index is -3.16. The highest BCUT2D eigenvalue weighted by molar-refractivity contribution is 7.91. The van der Waals surface area contributed by atoms with E-state index >= 15 is 0 Å². The zero-order valence-corrected chi connectivity index (χ0v) is 19.5. The minimum Gasteiger partial charge on any atom is -0.321 e. The fraction of sp³-hybridized carbons (Fsp3) is 0.591. The number of amides is 1. The van der Waals surface area contributed by atoms with Crippen LogP contribution in [0.25, 0.3) is 0 Å². The first-order valence-electron chi connectivity index (χ1n) is 11.0. The highest BCUT2D eigenvalue weighted by atomic mass is 32.2. The molecule has 4 aliphatic carbocycles. The monoisotopic (exact) mass is 499 g/mol. The number of hydrogen-bond acceptors (Lipinski definition) is 5. The van der Waals surface area contributed by atoms with Gasteiger partial charge in [0.1, 0.15) is 10.7 Å². The summed E-state index contributed by atoms with van der Waals surface area (Å²) < 4.78 is 76.8. The van der Waals surface area contributed by atoms with Gasteiger partial charge in [-0.15, -0.1) is 0 Å². The van der Waals surface area contributed by atoms with Crippen LogP contribution < -0.4 is 5.32 Å². The van der Waals surface area contributed by atoms with Gasteiger partial charge in [-0.25, -0.2) is 31.5 Å². The van der Waals surface area contributed by atoms with Gasteiger partial charge >= 0.3 is 0 Å². The van der Waals surface area contributed by atoms with E-state index in [4.69, 9.17) is 4.78 Å². The number of nitrogens with zero attached hydrogens (tertiary/aromatic N) is 3. The van der Waals surface area contributed by atoms with E-state index in [-0.39, 0.29) is 28.6 Å². The molecule has 4 saturated carbocycles. The van der Waals surface area contributed by atoms with Gasteiger partial charge in [-0.3, -0.25) is 9.48 Å². The van der Waals surface area contributed by atoms with Gasteiger partial charge in [-0.05, 0) is 42.7 Å². The molecule has 2 bridgehead atoms. The Morgan fingerprint density at radius 2 is 1.97 bits per heavy atom. The summed E-state index contributed by atoms with van der Waals surface area (Å²) in [5.74, 6) is -3.19. The van der Waals surface area contributed by atoms with Crippen LogP contribution in [-0.4, -0.2) is 37.1 Å². The summed E-state index contributed by atoms with van der Waals surface area (Å²) in [4.78, 5) is 17.2. The Kier molecular flexibility index (Phi) is 4.96. The number of pyridine rings is 1. The summed E-state index contributed by atoms with van der Waals surface area (Å²) in [6.45, 7) is 1.55. The van der Waals surface area contributed by atoms with Crippen LogP contribution in [0, 0.1) is 16.1 Å². The SMILES string of the molecule is CC1(Cn2nc(C34CC(C3)C4)c(C(F)F)c2C(=O)Nc2ccnc([S@@](C)(=N)=O)c2)CC(F)(F)C1. The van der Waals surface area contributed by atoms with Gasteiger partial charge in [0.2, 0.25) is 5.92 Å². The second-order valence-electron chi connectivity index (χ2n) is 10.5. The average molecular weight is 500 g/mol. The maximum Gasteiger partial charge on any atom is 0.274 e. The third-order valence-corrected chi connectivity index (χ3v) is 8.28. The van der Waals surface area contributed by atoms with Crippen molar-refractivity contribution in [2.45, 2.75) is 68.4 Å². The molecule has 2 heterocycles. The number of carbonyl (C=O) groups is 1. The fourth-order valence-electron chi connectivity index (χ4n) is 5.76. The molecule has 0 aromatic carbocycles. The number of nitrogens with one attached hydrogen (secondary N) is 2. The van der Waals surface area contributed by atoms with E-state index in [1.165, 1.54) is 29.3 Å². The van der Waals surface area contributed by atoms with Crippen molar-refractivity contribution in [3.63, 3.8) is 0 Å². The van der Waals surface area contributed by atoms with Gasteiger partial charge in [0, 0.05) is 42.9 Å². The normalized spacial score (nSPS) is 27.8. The Bertz CT molecular complexity index is 1270. The van der Waals surface area contributed by atoms with Crippen LogP contribution in [0.2, 0.25) is 0 Å². The Labute approximate surface area is 194 Å². The first-order chi connectivity index (χ1) is 15.7. The third kappa shape index (κ3) is 3.79. The predicted molar refractivity (Wildman–Crippen MR) is 116 cm³/mol. The molecule has 6 rings (SSSR count). The van der Waals surface area contributed by atoms with Crippen LogP contribution >= 0.6 is 0 Å². The van der Waals surface area contributed by atoms with E-state index in [0.717, 1.165) is 19.3 Å². The van der Waals surface area contributed by atoms with Crippen LogP contribution in [0.1, 0.15) is 67.2 Å². The molecule has 0 saturated heterocycles. The molecular formula is C22H25F4N5O2S. The number of aromatic nitrogens is 3. The zero-order valence-electron chi connectivity index (χ0n) is 18.7. The molecule has 2 aromatic heterocycles. The summed E-state index contributed by atoms with van der Waals surface area (Å²) in [7, 11) is -3.16. The molecule has 34 heavy (non-hydrogen) atoms. The third-order valence-electron chi connectivity index (χ3n) is 7.26. The Morgan fingerprint density at radius 1 is 1.32 bits per heavy atom. The van der Waals surface area contributed by atoms with E-state index in [1.54, 1.807) is 6.92 Å². The van der Waals surface area contributed by atoms with E-state index in [0.29, 0.717) is 5.92 Å². The van der Waals surface area contributed by atoms with Crippen molar-refractivity contribution in [1.29, 1.82) is 4.78 Å². The molecule has 1 amide bonds. The molecule has 184 valence electrons. The lowest BCUT2D eigenvalue weighted by Gasteiger charge is -2.61. The van der Waals surface area contributed by atoms with Crippen molar-refractivity contribution in [3.05, 3.63) is 35.3 Å². The first kappa shape index (κ1) is 23.3. The number of carbonyl (C=O) groups excluding carboxylic acids is 1. The van der Waals surface area contributed by atoms with Gasteiger partial charge in [-0.2, -0.15) is 5.10 Å². The van der Waals surface area contributed by atoms with Crippen molar-refractivity contribution < 1.29 is 26.6 Å². The summed E-state index contributed by atoms with van der Waals surface area (Å²) in [6, 6.07) is 2.65. The largest absolute Gasteiger partial charge is 0.321 e. The van der Waals surface area contributed by atoms with Crippen molar-refractivity contribution in [2.24, 2.45) is 11.3 Å². The smallest absolute Gasteiger partial charge is 0.274 e. The van der Waals surface area contributed by atoms with Crippen molar-refractivity contribution >= 4 is 21.3 Å². The van der Waals surface area contributed by atoms with Crippen LogP contribution in [-0.2, 0) is 21.7 Å². The lowest BCUT2D eigenvalue weighted by molar-refractivity contribution is -0.160. The first-order valence-corrected chi connectivity index (χ1v) is 13.0. The number of hydrogen-bond donors (Lipinski definition) is 2. The second kappa shape index (κ2) is 7.25. The highest BCUT2D eigenvalue weighted by Gasteiger charge is 2.61. The number of anilines is 1. The summed E-state index contributed by atoms with van der Waals surface area (Å²) in [5.41, 5.74) is -1.79. The van der Waals surface area contributed by atoms with Gasteiger partial charge in [-0.1, -0.05) is 6.92 Å². The number of halogens is 4. The quantitative estimate of drug-likeness (QED) is 0.524. The number of rotatable bonds is 7. The number of alkyl halides is 4. The standard InChI is InChI=1S/C22H25F4N5O2S/c1-20(9-22(25,26)10-20)11-31-16(15(18(23)24)17(30-31)21-6-12(7-21)8-21)19(32)29-13-3-4-28-14(5-13)34(2,27)33/h3-5,12,18,27H,6-11H2,1-2H3,(H,28,29,32)/t12?,21?,34-/m0/s1. The van der Waals surface area contributed by atoms with Crippen molar-refractivity contribution in [3.8, 4) is 0 Å². The van der Waals surface area contributed by atoms with Crippen molar-refractivity contribution in [1.82, 2.24) is 14.8 Å². The van der Waals surface area contributed by atoms with E-state index in [2.05, 4.69) is 15.4 Å². The highest BCUT2D eigenvalue weighted by Crippen LogP contribution is 2.66. The molecule has 1 atom stereocenters. The van der Waals surface area contributed by atoms with Gasteiger partial charge in [0.25, 0.3) is 12.3 Å². The molecular weight excluding hydrogens is 474 g/mol. The lowest BCUT2D eigenvalue weighted by atomic mass is 9.43. The van der Waals surface area contributed by atoms with Crippen molar-refractivity contribution in [2.75, 3.05) is 11.6 Å². The second-order valence-corrected chi connectivity index (χ2v) is 12.6. The molecule has 2 aromatic rings. The van der Waals surface area contributed by atoms with Gasteiger partial charge in [0.05, 0.1) is 21.0 Å². The zero-order chi connectivity index (χ0) is 24.7. The molecule has 2 N–H and O–H groups in total. The Morgan fingerprint density at radius 3 is 2.47 bits per heavy atom. The summed E-state index contributed by atoms with van der Waals surface area (Å²) in [5, 5.41) is 6.90. The maximum atomic E-state index is 14.4. The topological polar surface area (TPSA) is 101 Å². The van der Waals surface area contributed by atoms with E-state index in [1.807, 2.05) is 0 Å². The molecule has 4 fully saturated rings. The summed E-state index contributed by atoms with van der Waals surface area (Å²) >= 11 is 0. The molecule has 12 heteroatoms. The van der Waals surface area contributed by atoms with Crippen LogP contribution in [0.5, 0.6) is 0 Å². The molecule has 0 spiro atoms. The van der Waals surface area contributed by atoms with Gasteiger partial charge < -0.3 is 5.32 Å². The molecule has 0 unspecified atom stereocenters. The van der Waals surface area contributed by atoms with Crippen LogP contribution in [0.3, 0.4) is 0 Å². The maximum absolute atomic E-state index is 14.4. The van der Waals surface area contributed by atoms with E-state index < -0.39 is 57.2 Å². The van der Waals surface area contributed by atoms with Crippen LogP contribution in [0.15, 0.2) is 23.4 Å². The Hall–Kier alpha value is -2.50. The molecule has 0 radical (unpaired) electrons. The minimum absolute atomic E-state index is 0.0633. The average Bonchev–Trinajstić information content (AvgIpc) is 2.95. The predicted octanol–water partition coefficient (Wildman–Crippen LogP) is 4.99. The fourth-order valence-corrected chi connectivity index (χ4v) is 6.37. The lowest BCUT2D eigenvalue weighted by Crippen LogP contribution is -2.56. The molecule has 4 aliphatic rings. The Balaban J connectivity index is 1.54. The van der Waals surface area contributed by atoms with Gasteiger partial charge in [0.15, 0.2) is 0 Å².